The van der Waals surface area contributed by atoms with Gasteiger partial charge in [0.2, 0.25) is 17.7 Å². The first kappa shape index (κ1) is 14.3. The number of rotatable bonds is 6. The second-order valence-corrected chi connectivity index (χ2v) is 4.22. The molecule has 0 saturated carbocycles. The highest BCUT2D eigenvalue weighted by Gasteiger charge is 2.13. The van der Waals surface area contributed by atoms with Crippen molar-refractivity contribution in [2.45, 2.75) is 26.9 Å². The molecule has 0 aliphatic rings. The number of aromatic nitrogens is 3. The third-order valence-corrected chi connectivity index (χ3v) is 2.90. The van der Waals surface area contributed by atoms with Crippen LogP contribution in [0.4, 0.5) is 0 Å². The van der Waals surface area contributed by atoms with E-state index in [1.165, 1.54) is 6.33 Å². The van der Waals surface area contributed by atoms with Crippen LogP contribution in [0.1, 0.15) is 22.9 Å². The molecule has 0 aliphatic carbocycles. The summed E-state index contributed by atoms with van der Waals surface area (Å²) in [6, 6.07) is 0. The summed E-state index contributed by atoms with van der Waals surface area (Å²) in [4.78, 5) is 12.4. The van der Waals surface area contributed by atoms with E-state index in [0.29, 0.717) is 30.7 Å². The van der Waals surface area contributed by atoms with E-state index < -0.39 is 0 Å². The minimum absolute atomic E-state index is 0.490. The van der Waals surface area contributed by atoms with Crippen molar-refractivity contribution >= 4 is 0 Å². The van der Waals surface area contributed by atoms with Crippen molar-refractivity contribution in [3.8, 4) is 11.8 Å². The Balaban J connectivity index is 2.03. The lowest BCUT2D eigenvalue weighted by atomic mass is 10.3. The number of methoxy groups -OCH3 is 2. The van der Waals surface area contributed by atoms with Crippen molar-refractivity contribution in [3.05, 3.63) is 29.2 Å². The summed E-state index contributed by atoms with van der Waals surface area (Å²) in [7, 11) is 3.12. The zero-order chi connectivity index (χ0) is 14.5. The summed E-state index contributed by atoms with van der Waals surface area (Å²) in [6.45, 7) is 4.81. The van der Waals surface area contributed by atoms with Crippen molar-refractivity contribution in [3.63, 3.8) is 0 Å². The predicted octanol–water partition coefficient (Wildman–Crippen LogP) is 1.39. The standard InChI is InChI=1S/C13H18N4O3/c1-8-9(2)20-11(17-8)6-14-5-10-12(18-3)15-7-16-13(10)19-4/h7,14H,5-6H2,1-4H3. The van der Waals surface area contributed by atoms with Crippen LogP contribution in [-0.4, -0.2) is 29.2 Å². The summed E-state index contributed by atoms with van der Waals surface area (Å²) in [5.74, 6) is 2.46. The van der Waals surface area contributed by atoms with Gasteiger partial charge in [0.05, 0.1) is 32.0 Å². The Morgan fingerprint density at radius 2 is 1.75 bits per heavy atom. The van der Waals surface area contributed by atoms with E-state index in [-0.39, 0.29) is 0 Å². The van der Waals surface area contributed by atoms with Crippen molar-refractivity contribution in [1.82, 2.24) is 20.3 Å². The number of hydrogen-bond donors (Lipinski definition) is 1. The molecule has 0 aromatic carbocycles. The van der Waals surface area contributed by atoms with Gasteiger partial charge in [0, 0.05) is 6.54 Å². The van der Waals surface area contributed by atoms with Crippen molar-refractivity contribution in [2.24, 2.45) is 0 Å². The molecule has 0 atom stereocenters. The third kappa shape index (κ3) is 3.05. The Bertz CT molecular complexity index is 541. The van der Waals surface area contributed by atoms with Crippen molar-refractivity contribution in [1.29, 1.82) is 0 Å². The Labute approximate surface area is 117 Å². The number of nitrogens with zero attached hydrogens (tertiary/aromatic N) is 3. The topological polar surface area (TPSA) is 82.3 Å². The summed E-state index contributed by atoms with van der Waals surface area (Å²) >= 11 is 0. The Morgan fingerprint density at radius 3 is 2.25 bits per heavy atom. The van der Waals surface area contributed by atoms with Crippen LogP contribution in [0.3, 0.4) is 0 Å². The maximum absolute atomic E-state index is 5.50. The van der Waals surface area contributed by atoms with E-state index in [0.717, 1.165) is 17.0 Å². The van der Waals surface area contributed by atoms with Crippen LogP contribution in [0.5, 0.6) is 11.8 Å². The second kappa shape index (κ2) is 6.33. The van der Waals surface area contributed by atoms with Crippen LogP contribution >= 0.6 is 0 Å². The zero-order valence-electron chi connectivity index (χ0n) is 12.1. The summed E-state index contributed by atoms with van der Waals surface area (Å²) < 4.78 is 15.9. The summed E-state index contributed by atoms with van der Waals surface area (Å²) in [6.07, 6.45) is 1.40. The molecular formula is C13H18N4O3. The molecule has 2 rings (SSSR count). The number of aryl methyl sites for hydroxylation is 2. The number of ether oxygens (including phenoxy) is 2. The molecule has 2 heterocycles. The maximum Gasteiger partial charge on any atom is 0.224 e. The van der Waals surface area contributed by atoms with Gasteiger partial charge in [-0.1, -0.05) is 0 Å². The van der Waals surface area contributed by atoms with E-state index >= 15 is 0 Å². The highest BCUT2D eigenvalue weighted by atomic mass is 16.5. The lowest BCUT2D eigenvalue weighted by molar-refractivity contribution is 0.357. The van der Waals surface area contributed by atoms with Crippen LogP contribution in [-0.2, 0) is 13.1 Å². The van der Waals surface area contributed by atoms with E-state index in [9.17, 15) is 0 Å². The average molecular weight is 278 g/mol. The van der Waals surface area contributed by atoms with Gasteiger partial charge in [0.15, 0.2) is 0 Å². The molecular weight excluding hydrogens is 260 g/mol. The zero-order valence-corrected chi connectivity index (χ0v) is 12.1. The van der Waals surface area contributed by atoms with Crippen LogP contribution in [0.25, 0.3) is 0 Å². The highest BCUT2D eigenvalue weighted by Crippen LogP contribution is 2.23. The molecule has 0 bridgehead atoms. The molecule has 20 heavy (non-hydrogen) atoms. The molecule has 1 N–H and O–H groups in total. The molecule has 7 nitrogen and oxygen atoms in total. The van der Waals surface area contributed by atoms with Crippen LogP contribution < -0.4 is 14.8 Å². The van der Waals surface area contributed by atoms with Gasteiger partial charge in [0.25, 0.3) is 0 Å². The van der Waals surface area contributed by atoms with Gasteiger partial charge >= 0.3 is 0 Å². The van der Waals surface area contributed by atoms with Gasteiger partial charge in [-0.05, 0) is 13.8 Å². The van der Waals surface area contributed by atoms with Crippen LogP contribution in [0, 0.1) is 13.8 Å². The van der Waals surface area contributed by atoms with E-state index in [2.05, 4.69) is 20.3 Å². The SMILES string of the molecule is COc1ncnc(OC)c1CNCc1nc(C)c(C)o1. The Morgan fingerprint density at radius 1 is 1.10 bits per heavy atom. The molecule has 108 valence electrons. The van der Waals surface area contributed by atoms with Crippen LogP contribution in [0.2, 0.25) is 0 Å². The third-order valence-electron chi connectivity index (χ3n) is 2.90. The van der Waals surface area contributed by atoms with Gasteiger partial charge in [0.1, 0.15) is 12.1 Å². The fraction of sp³-hybridized carbons (Fsp3) is 0.462. The fourth-order valence-electron chi connectivity index (χ4n) is 1.79. The molecule has 7 heteroatoms. The van der Waals surface area contributed by atoms with E-state index in [4.69, 9.17) is 13.9 Å². The first-order valence-corrected chi connectivity index (χ1v) is 6.21. The Hall–Kier alpha value is -2.15. The highest BCUT2D eigenvalue weighted by molar-refractivity contribution is 5.34. The smallest absolute Gasteiger partial charge is 0.224 e. The lowest BCUT2D eigenvalue weighted by Gasteiger charge is -2.10. The number of nitrogens with one attached hydrogen (secondary N) is 1. The molecule has 0 spiro atoms. The van der Waals surface area contributed by atoms with E-state index in [1.807, 2.05) is 13.8 Å². The van der Waals surface area contributed by atoms with Gasteiger partial charge in [-0.2, -0.15) is 0 Å². The molecule has 0 amide bonds. The number of oxazole rings is 1. The van der Waals surface area contributed by atoms with Gasteiger partial charge in [-0.25, -0.2) is 15.0 Å². The second-order valence-electron chi connectivity index (χ2n) is 4.22. The fourth-order valence-corrected chi connectivity index (χ4v) is 1.79. The average Bonchev–Trinajstić information content (AvgIpc) is 2.77. The predicted molar refractivity (Wildman–Crippen MR) is 71.7 cm³/mol. The lowest BCUT2D eigenvalue weighted by Crippen LogP contribution is -2.15. The maximum atomic E-state index is 5.50. The summed E-state index contributed by atoms with van der Waals surface area (Å²) in [5.41, 5.74) is 1.66. The van der Waals surface area contributed by atoms with Crippen molar-refractivity contribution in [2.75, 3.05) is 14.2 Å². The minimum atomic E-state index is 0.490. The quantitative estimate of drug-likeness (QED) is 0.854. The largest absolute Gasteiger partial charge is 0.481 e. The molecule has 2 aromatic rings. The van der Waals surface area contributed by atoms with E-state index in [1.54, 1.807) is 14.2 Å². The number of hydrogen-bond acceptors (Lipinski definition) is 7. The monoisotopic (exact) mass is 278 g/mol. The van der Waals surface area contributed by atoms with Gasteiger partial charge < -0.3 is 19.2 Å². The molecule has 2 aromatic heterocycles. The molecule has 0 aliphatic heterocycles. The molecule has 0 fully saturated rings. The van der Waals surface area contributed by atoms with Gasteiger partial charge in [-0.15, -0.1) is 0 Å². The van der Waals surface area contributed by atoms with Crippen molar-refractivity contribution < 1.29 is 13.9 Å². The van der Waals surface area contributed by atoms with Gasteiger partial charge in [-0.3, -0.25) is 0 Å². The first-order chi connectivity index (χ1) is 9.65. The minimum Gasteiger partial charge on any atom is -0.481 e. The first-order valence-electron chi connectivity index (χ1n) is 6.21. The normalized spacial score (nSPS) is 10.6. The molecule has 0 unspecified atom stereocenters. The Kier molecular flexibility index (Phi) is 4.52. The molecule has 0 radical (unpaired) electrons. The van der Waals surface area contributed by atoms with Crippen LogP contribution in [0.15, 0.2) is 10.7 Å². The molecule has 0 saturated heterocycles. The summed E-state index contributed by atoms with van der Waals surface area (Å²) in [5, 5.41) is 3.21.